The summed E-state index contributed by atoms with van der Waals surface area (Å²) in [6.07, 6.45) is 2.42. The lowest BCUT2D eigenvalue weighted by Gasteiger charge is -2.02. The minimum Gasteiger partial charge on any atom is -0.507 e. The molecule has 0 fully saturated rings. The van der Waals surface area contributed by atoms with Crippen molar-refractivity contribution in [3.8, 4) is 11.8 Å². The number of nitriles is 1. The summed E-state index contributed by atoms with van der Waals surface area (Å²) in [4.78, 5) is 3.68. The molecular formula is C14H8ClN5O3S2. The van der Waals surface area contributed by atoms with Crippen molar-refractivity contribution in [2.24, 2.45) is 10.2 Å². The highest BCUT2D eigenvalue weighted by atomic mass is 35.5. The van der Waals surface area contributed by atoms with Crippen LogP contribution in [-0.2, 0) is 9.84 Å². The highest BCUT2D eigenvalue weighted by molar-refractivity contribution is 7.90. The molecule has 3 aromatic rings. The van der Waals surface area contributed by atoms with Gasteiger partial charge in [-0.05, 0) is 29.7 Å². The summed E-state index contributed by atoms with van der Waals surface area (Å²) in [7, 11) is -3.60. The van der Waals surface area contributed by atoms with Gasteiger partial charge in [-0.2, -0.15) is 9.64 Å². The summed E-state index contributed by atoms with van der Waals surface area (Å²) in [6, 6.07) is 5.80. The van der Waals surface area contributed by atoms with Crippen LogP contribution in [0.5, 0.6) is 5.75 Å². The number of aromatic hydroxyl groups is 1. The molecule has 0 saturated heterocycles. The van der Waals surface area contributed by atoms with E-state index in [2.05, 4.69) is 19.6 Å². The van der Waals surface area contributed by atoms with Crippen molar-refractivity contribution in [1.29, 1.82) is 5.26 Å². The second kappa shape index (κ2) is 6.36. The molecule has 0 radical (unpaired) electrons. The predicted octanol–water partition coefficient (Wildman–Crippen LogP) is 3.74. The standard InChI is InChI=1S/C14H8ClN5O3S2/c1-25(22,23)11-4-7(2-3-10(11)21)18-19-14-9-6-17-13(15)8(5-16)12(9)20-24-14/h2-4,6,21H,1H3/b19-18+. The number of benzene rings is 1. The van der Waals surface area contributed by atoms with E-state index in [1.54, 1.807) is 0 Å². The average Bonchev–Trinajstić information content (AvgIpc) is 2.96. The van der Waals surface area contributed by atoms with Crippen LogP contribution in [-0.4, -0.2) is 29.1 Å². The highest BCUT2D eigenvalue weighted by Gasteiger charge is 2.15. The average molecular weight is 394 g/mol. The van der Waals surface area contributed by atoms with Gasteiger partial charge in [0, 0.05) is 12.5 Å². The second-order valence-corrected chi connectivity index (χ2v) is 8.00. The number of phenolic OH excluding ortho intramolecular Hbond substituents is 1. The van der Waals surface area contributed by atoms with E-state index in [9.17, 15) is 13.5 Å². The van der Waals surface area contributed by atoms with Crippen LogP contribution >= 0.6 is 23.1 Å². The molecule has 8 nitrogen and oxygen atoms in total. The second-order valence-electron chi connectivity index (χ2n) is 4.91. The van der Waals surface area contributed by atoms with Gasteiger partial charge in [-0.25, -0.2) is 13.4 Å². The van der Waals surface area contributed by atoms with E-state index in [-0.39, 0.29) is 27.0 Å². The zero-order valence-corrected chi connectivity index (χ0v) is 14.9. The number of halogens is 1. The van der Waals surface area contributed by atoms with E-state index < -0.39 is 9.84 Å². The van der Waals surface area contributed by atoms with E-state index in [0.29, 0.717) is 15.9 Å². The van der Waals surface area contributed by atoms with Gasteiger partial charge in [-0.1, -0.05) is 11.6 Å². The van der Waals surface area contributed by atoms with E-state index in [1.165, 1.54) is 24.4 Å². The van der Waals surface area contributed by atoms with Crippen LogP contribution in [0.2, 0.25) is 5.15 Å². The fourth-order valence-electron chi connectivity index (χ4n) is 2.01. The Balaban J connectivity index is 2.04. The van der Waals surface area contributed by atoms with Gasteiger partial charge in [0.15, 0.2) is 14.8 Å². The number of sulfone groups is 1. The van der Waals surface area contributed by atoms with Crippen LogP contribution in [0, 0.1) is 11.3 Å². The van der Waals surface area contributed by atoms with Gasteiger partial charge in [0.2, 0.25) is 0 Å². The van der Waals surface area contributed by atoms with Gasteiger partial charge >= 0.3 is 0 Å². The smallest absolute Gasteiger partial charge is 0.179 e. The number of nitrogens with zero attached hydrogens (tertiary/aromatic N) is 5. The minimum absolute atomic E-state index is 0.0557. The van der Waals surface area contributed by atoms with E-state index >= 15 is 0 Å². The number of phenols is 1. The van der Waals surface area contributed by atoms with Gasteiger partial charge in [0.05, 0.1) is 11.1 Å². The van der Waals surface area contributed by atoms with Crippen molar-refractivity contribution >= 4 is 54.6 Å². The molecule has 1 aromatic carbocycles. The molecule has 1 N–H and O–H groups in total. The van der Waals surface area contributed by atoms with Gasteiger partial charge in [-0.15, -0.1) is 10.2 Å². The Morgan fingerprint density at radius 3 is 2.80 bits per heavy atom. The summed E-state index contributed by atoms with van der Waals surface area (Å²) < 4.78 is 27.4. The summed E-state index contributed by atoms with van der Waals surface area (Å²) in [5, 5.41) is 27.7. The first-order valence-electron chi connectivity index (χ1n) is 6.60. The number of azo groups is 1. The fraction of sp³-hybridized carbons (Fsp3) is 0.0714. The minimum atomic E-state index is -3.60. The van der Waals surface area contributed by atoms with Crippen LogP contribution < -0.4 is 0 Å². The topological polar surface area (TPSA) is 129 Å². The maximum Gasteiger partial charge on any atom is 0.179 e. The Hall–Kier alpha value is -2.61. The molecule has 0 aliphatic carbocycles. The van der Waals surface area contributed by atoms with Crippen molar-refractivity contribution in [1.82, 2.24) is 9.36 Å². The van der Waals surface area contributed by atoms with E-state index in [4.69, 9.17) is 16.9 Å². The Labute approximate surface area is 151 Å². The molecule has 3 rings (SSSR count). The SMILES string of the molecule is CS(=O)(=O)c1cc(/N=N/c2snc3c(C#N)c(Cl)ncc23)ccc1O. The molecule has 0 atom stereocenters. The maximum absolute atomic E-state index is 11.6. The molecule has 0 saturated carbocycles. The first kappa shape index (κ1) is 17.2. The third-order valence-electron chi connectivity index (χ3n) is 3.17. The van der Waals surface area contributed by atoms with Crippen molar-refractivity contribution in [2.45, 2.75) is 4.90 Å². The highest BCUT2D eigenvalue weighted by Crippen LogP contribution is 2.35. The molecule has 2 heterocycles. The van der Waals surface area contributed by atoms with Crippen molar-refractivity contribution in [3.63, 3.8) is 0 Å². The molecule has 126 valence electrons. The van der Waals surface area contributed by atoms with Crippen LogP contribution in [0.1, 0.15) is 5.56 Å². The molecule has 25 heavy (non-hydrogen) atoms. The van der Waals surface area contributed by atoms with Crippen LogP contribution in [0.3, 0.4) is 0 Å². The predicted molar refractivity (Wildman–Crippen MR) is 92.5 cm³/mol. The molecule has 0 aliphatic heterocycles. The fourth-order valence-corrected chi connectivity index (χ4v) is 3.66. The first-order chi connectivity index (χ1) is 11.8. The van der Waals surface area contributed by atoms with Gasteiger partial charge < -0.3 is 5.11 Å². The Morgan fingerprint density at radius 1 is 1.36 bits per heavy atom. The lowest BCUT2D eigenvalue weighted by atomic mass is 10.2. The quantitative estimate of drug-likeness (QED) is 0.533. The molecular weight excluding hydrogens is 386 g/mol. The van der Waals surface area contributed by atoms with E-state index in [0.717, 1.165) is 17.8 Å². The molecule has 11 heteroatoms. The monoisotopic (exact) mass is 393 g/mol. The third-order valence-corrected chi connectivity index (χ3v) is 5.33. The van der Waals surface area contributed by atoms with Gasteiger partial charge in [0.25, 0.3) is 0 Å². The largest absolute Gasteiger partial charge is 0.507 e. The number of pyridine rings is 1. The van der Waals surface area contributed by atoms with Crippen molar-refractivity contribution < 1.29 is 13.5 Å². The molecule has 0 unspecified atom stereocenters. The third kappa shape index (κ3) is 3.30. The summed E-state index contributed by atoms with van der Waals surface area (Å²) in [6.45, 7) is 0. The van der Waals surface area contributed by atoms with Crippen molar-refractivity contribution in [3.05, 3.63) is 35.1 Å². The Bertz CT molecular complexity index is 1170. The maximum atomic E-state index is 11.6. The zero-order valence-electron chi connectivity index (χ0n) is 12.5. The number of aromatic nitrogens is 2. The van der Waals surface area contributed by atoms with Crippen LogP contribution in [0.4, 0.5) is 10.7 Å². The molecule has 0 bridgehead atoms. The van der Waals surface area contributed by atoms with Crippen LogP contribution in [0.15, 0.2) is 39.5 Å². The lowest BCUT2D eigenvalue weighted by Crippen LogP contribution is -1.96. The molecule has 0 amide bonds. The number of fused-ring (bicyclic) bond motifs is 1. The normalized spacial score (nSPS) is 11.9. The first-order valence-corrected chi connectivity index (χ1v) is 9.64. The summed E-state index contributed by atoms with van der Waals surface area (Å²) in [5.74, 6) is -0.359. The zero-order chi connectivity index (χ0) is 18.2. The van der Waals surface area contributed by atoms with Gasteiger partial charge in [0.1, 0.15) is 32.9 Å². The number of hydrogen-bond donors (Lipinski definition) is 1. The summed E-state index contributed by atoms with van der Waals surface area (Å²) >= 11 is 6.86. The lowest BCUT2D eigenvalue weighted by molar-refractivity contribution is 0.459. The molecule has 0 aliphatic rings. The van der Waals surface area contributed by atoms with Crippen LogP contribution in [0.25, 0.3) is 10.9 Å². The summed E-state index contributed by atoms with van der Waals surface area (Å²) in [5.41, 5.74) is 0.770. The Morgan fingerprint density at radius 2 is 2.12 bits per heavy atom. The number of rotatable bonds is 3. The van der Waals surface area contributed by atoms with Crippen molar-refractivity contribution in [2.75, 3.05) is 6.26 Å². The molecule has 2 aromatic heterocycles. The number of hydrogen-bond acceptors (Lipinski definition) is 9. The molecule has 0 spiro atoms. The van der Waals surface area contributed by atoms with Gasteiger partial charge in [-0.3, -0.25) is 0 Å². The van der Waals surface area contributed by atoms with E-state index in [1.807, 2.05) is 6.07 Å². The Kier molecular flexibility index (Phi) is 4.38.